The number of ether oxygens (including phenoxy) is 2. The highest BCUT2D eigenvalue weighted by Crippen LogP contribution is 2.31. The maximum atomic E-state index is 12.6. The highest BCUT2D eigenvalue weighted by atomic mass is 35.5. The molecule has 1 amide bonds. The van der Waals surface area contributed by atoms with Crippen LogP contribution < -0.4 is 19.5 Å². The average molecular weight is 481 g/mol. The second-order valence-corrected chi connectivity index (χ2v) is 8.72. The van der Waals surface area contributed by atoms with Gasteiger partial charge in [0.05, 0.1) is 34.8 Å². The van der Waals surface area contributed by atoms with E-state index in [1.165, 1.54) is 44.6 Å². The molecule has 162 valence electrons. The first-order valence-corrected chi connectivity index (χ1v) is 11.1. The average Bonchev–Trinajstić information content (AvgIpc) is 2.76. The number of benzene rings is 3. The van der Waals surface area contributed by atoms with Crippen LogP contribution in [0.5, 0.6) is 11.5 Å². The van der Waals surface area contributed by atoms with Crippen LogP contribution in [0.4, 0.5) is 11.4 Å². The molecule has 0 aliphatic heterocycles. The molecule has 3 rings (SSSR count). The zero-order valence-corrected chi connectivity index (χ0v) is 18.8. The summed E-state index contributed by atoms with van der Waals surface area (Å²) in [5.74, 6) is 0.531. The number of methoxy groups -OCH3 is 2. The van der Waals surface area contributed by atoms with E-state index in [-0.39, 0.29) is 26.5 Å². The van der Waals surface area contributed by atoms with Crippen molar-refractivity contribution in [2.24, 2.45) is 0 Å². The Morgan fingerprint density at radius 3 is 2.23 bits per heavy atom. The third kappa shape index (κ3) is 5.22. The van der Waals surface area contributed by atoms with Crippen LogP contribution in [0.15, 0.2) is 65.6 Å². The Morgan fingerprint density at radius 1 is 0.903 bits per heavy atom. The molecule has 3 aromatic carbocycles. The van der Waals surface area contributed by atoms with Gasteiger partial charge in [0, 0.05) is 11.3 Å². The SMILES string of the molecule is COc1ccc(C(=O)Nc2ccc(S(=O)(=O)Nc3cccc(Cl)c3Cl)cc2)cc1OC. The van der Waals surface area contributed by atoms with Gasteiger partial charge in [-0.2, -0.15) is 0 Å². The van der Waals surface area contributed by atoms with Crippen molar-refractivity contribution in [2.75, 3.05) is 24.3 Å². The first kappa shape index (κ1) is 22.7. The predicted molar refractivity (Wildman–Crippen MR) is 121 cm³/mol. The molecular formula is C21H18Cl2N2O5S. The van der Waals surface area contributed by atoms with Crippen LogP contribution in [-0.4, -0.2) is 28.5 Å². The van der Waals surface area contributed by atoms with Crippen LogP contribution >= 0.6 is 23.2 Å². The van der Waals surface area contributed by atoms with E-state index in [1.54, 1.807) is 30.3 Å². The van der Waals surface area contributed by atoms with Crippen molar-refractivity contribution in [1.29, 1.82) is 0 Å². The molecule has 3 aromatic rings. The lowest BCUT2D eigenvalue weighted by atomic mass is 10.2. The summed E-state index contributed by atoms with van der Waals surface area (Å²) < 4.78 is 38.0. The van der Waals surface area contributed by atoms with Gasteiger partial charge in [-0.05, 0) is 54.6 Å². The van der Waals surface area contributed by atoms with Crippen molar-refractivity contribution in [1.82, 2.24) is 0 Å². The molecule has 0 atom stereocenters. The predicted octanol–water partition coefficient (Wildman–Crippen LogP) is 5.06. The van der Waals surface area contributed by atoms with Gasteiger partial charge in [0.15, 0.2) is 11.5 Å². The molecule has 10 heteroatoms. The monoisotopic (exact) mass is 480 g/mol. The molecule has 0 radical (unpaired) electrons. The van der Waals surface area contributed by atoms with Crippen molar-refractivity contribution < 1.29 is 22.7 Å². The number of carbonyl (C=O) groups is 1. The Kier molecular flexibility index (Phi) is 6.94. The van der Waals surface area contributed by atoms with Crippen molar-refractivity contribution in [2.45, 2.75) is 4.90 Å². The van der Waals surface area contributed by atoms with E-state index in [9.17, 15) is 13.2 Å². The summed E-state index contributed by atoms with van der Waals surface area (Å²) in [6.07, 6.45) is 0. The van der Waals surface area contributed by atoms with E-state index in [4.69, 9.17) is 32.7 Å². The molecule has 0 spiro atoms. The lowest BCUT2D eigenvalue weighted by Gasteiger charge is -2.12. The molecule has 31 heavy (non-hydrogen) atoms. The summed E-state index contributed by atoms with van der Waals surface area (Å²) in [7, 11) is -0.925. The normalized spacial score (nSPS) is 11.0. The zero-order valence-electron chi connectivity index (χ0n) is 16.5. The van der Waals surface area contributed by atoms with Gasteiger partial charge in [-0.15, -0.1) is 0 Å². The fourth-order valence-electron chi connectivity index (χ4n) is 2.68. The second-order valence-electron chi connectivity index (χ2n) is 6.26. The first-order valence-electron chi connectivity index (χ1n) is 8.85. The highest BCUT2D eigenvalue weighted by molar-refractivity contribution is 7.92. The molecule has 0 aromatic heterocycles. The molecule has 0 unspecified atom stereocenters. The third-order valence-electron chi connectivity index (χ3n) is 4.26. The standard InChI is InChI=1S/C21H18Cl2N2O5S/c1-29-18-11-6-13(12-19(18)30-2)21(26)24-14-7-9-15(10-8-14)31(27,28)25-17-5-3-4-16(22)20(17)23/h3-12,25H,1-2H3,(H,24,26). The van der Waals surface area contributed by atoms with Crippen LogP contribution in [0.1, 0.15) is 10.4 Å². The van der Waals surface area contributed by atoms with Crippen LogP contribution in [0.2, 0.25) is 10.0 Å². The molecule has 0 aliphatic carbocycles. The Balaban J connectivity index is 1.75. The maximum Gasteiger partial charge on any atom is 0.261 e. The van der Waals surface area contributed by atoms with Gasteiger partial charge in [0.1, 0.15) is 0 Å². The summed E-state index contributed by atoms with van der Waals surface area (Å²) in [6, 6.07) is 15.1. The summed E-state index contributed by atoms with van der Waals surface area (Å²) in [6.45, 7) is 0. The molecule has 0 aliphatic rings. The zero-order chi connectivity index (χ0) is 22.6. The minimum absolute atomic E-state index is 0.00680. The van der Waals surface area contributed by atoms with Crippen LogP contribution in [0.3, 0.4) is 0 Å². The largest absolute Gasteiger partial charge is 0.493 e. The number of sulfonamides is 1. The first-order chi connectivity index (χ1) is 14.7. The van der Waals surface area contributed by atoms with Crippen molar-refractivity contribution in [3.63, 3.8) is 0 Å². The molecular weight excluding hydrogens is 463 g/mol. The molecule has 0 saturated heterocycles. The number of hydrogen-bond donors (Lipinski definition) is 2. The number of anilines is 2. The lowest BCUT2D eigenvalue weighted by molar-refractivity contribution is 0.102. The third-order valence-corrected chi connectivity index (χ3v) is 6.46. The molecule has 0 heterocycles. The molecule has 0 fully saturated rings. The van der Waals surface area contributed by atoms with E-state index in [0.717, 1.165) is 0 Å². The molecule has 7 nitrogen and oxygen atoms in total. The number of amides is 1. The summed E-state index contributed by atoms with van der Waals surface area (Å²) in [4.78, 5) is 12.5. The lowest BCUT2D eigenvalue weighted by Crippen LogP contribution is -2.14. The quantitative estimate of drug-likeness (QED) is 0.492. The summed E-state index contributed by atoms with van der Waals surface area (Å²) in [5, 5.41) is 3.04. The van der Waals surface area contributed by atoms with Gasteiger partial charge in [-0.1, -0.05) is 29.3 Å². The highest BCUT2D eigenvalue weighted by Gasteiger charge is 2.17. The topological polar surface area (TPSA) is 93.7 Å². The number of nitrogens with one attached hydrogen (secondary N) is 2. The van der Waals surface area contributed by atoms with Crippen molar-refractivity contribution in [3.05, 3.63) is 76.3 Å². The van der Waals surface area contributed by atoms with Gasteiger partial charge < -0.3 is 14.8 Å². The molecule has 0 saturated carbocycles. The maximum absolute atomic E-state index is 12.6. The van der Waals surface area contributed by atoms with Gasteiger partial charge in [-0.3, -0.25) is 9.52 Å². The minimum atomic E-state index is -3.90. The van der Waals surface area contributed by atoms with Crippen LogP contribution in [0.25, 0.3) is 0 Å². The van der Waals surface area contributed by atoms with Gasteiger partial charge in [0.2, 0.25) is 0 Å². The summed E-state index contributed by atoms with van der Waals surface area (Å²) in [5.41, 5.74) is 0.936. The number of hydrogen-bond acceptors (Lipinski definition) is 5. The van der Waals surface area contributed by atoms with E-state index >= 15 is 0 Å². The van der Waals surface area contributed by atoms with Crippen LogP contribution in [0, 0.1) is 0 Å². The second kappa shape index (κ2) is 9.47. The number of rotatable bonds is 7. The van der Waals surface area contributed by atoms with Gasteiger partial charge >= 0.3 is 0 Å². The smallest absolute Gasteiger partial charge is 0.261 e. The Labute approximate surface area is 189 Å². The molecule has 2 N–H and O–H groups in total. The van der Waals surface area contributed by atoms with Gasteiger partial charge in [-0.25, -0.2) is 8.42 Å². The Bertz CT molecular complexity index is 1210. The van der Waals surface area contributed by atoms with Gasteiger partial charge in [0.25, 0.3) is 15.9 Å². The van der Waals surface area contributed by atoms with E-state index in [1.807, 2.05) is 0 Å². The van der Waals surface area contributed by atoms with Crippen LogP contribution in [-0.2, 0) is 10.0 Å². The fourth-order valence-corrected chi connectivity index (χ4v) is 4.16. The number of carbonyl (C=O) groups excluding carboxylic acids is 1. The summed E-state index contributed by atoms with van der Waals surface area (Å²) >= 11 is 12.0. The number of halogens is 2. The fraction of sp³-hybridized carbons (Fsp3) is 0.0952. The van der Waals surface area contributed by atoms with Crippen molar-refractivity contribution in [3.8, 4) is 11.5 Å². The minimum Gasteiger partial charge on any atom is -0.493 e. The Hall–Kier alpha value is -2.94. The van der Waals surface area contributed by atoms with E-state index in [2.05, 4.69) is 10.0 Å². The van der Waals surface area contributed by atoms with E-state index in [0.29, 0.717) is 22.7 Å². The van der Waals surface area contributed by atoms with Crippen molar-refractivity contribution >= 4 is 50.5 Å². The van der Waals surface area contributed by atoms with E-state index < -0.39 is 10.0 Å². The Morgan fingerprint density at radius 2 is 1.58 bits per heavy atom. The molecule has 0 bridgehead atoms.